The van der Waals surface area contributed by atoms with Crippen molar-refractivity contribution in [3.05, 3.63) is 0 Å². The second-order valence-corrected chi connectivity index (χ2v) is 8.05. The number of hydrogen-bond acceptors (Lipinski definition) is 2. The van der Waals surface area contributed by atoms with Gasteiger partial charge in [0.05, 0.1) is 0 Å². The first-order chi connectivity index (χ1) is 11.3. The van der Waals surface area contributed by atoms with Gasteiger partial charge in [0.15, 0.2) is 0 Å². The lowest BCUT2D eigenvalue weighted by molar-refractivity contribution is -0.173. The zero-order valence-corrected chi connectivity index (χ0v) is 13.8. The summed E-state index contributed by atoms with van der Waals surface area (Å²) in [4.78, 5) is 22.9. The van der Waals surface area contributed by atoms with E-state index in [1.54, 1.807) is 0 Å². The molecule has 4 nitrogen and oxygen atoms in total. The van der Waals surface area contributed by atoms with Crippen LogP contribution >= 0.6 is 0 Å². The normalized spacial score (nSPS) is 34.2. The molecule has 2 N–H and O–H groups in total. The van der Waals surface area contributed by atoms with Crippen molar-refractivity contribution in [1.29, 1.82) is 0 Å². The first-order valence-electron chi connectivity index (χ1n) is 8.87. The van der Waals surface area contributed by atoms with Crippen LogP contribution in [0.4, 0.5) is 13.2 Å². The molecule has 4 aliphatic rings. The van der Waals surface area contributed by atoms with Crippen molar-refractivity contribution in [2.24, 2.45) is 23.2 Å². The van der Waals surface area contributed by atoms with Crippen LogP contribution in [0.5, 0.6) is 0 Å². The lowest BCUT2D eigenvalue weighted by Crippen LogP contribution is -2.48. The van der Waals surface area contributed by atoms with Crippen LogP contribution in [0, 0.1) is 23.2 Å². The third kappa shape index (κ3) is 4.03. The van der Waals surface area contributed by atoms with Gasteiger partial charge in [-0.05, 0) is 68.1 Å². The maximum Gasteiger partial charge on any atom is 0.471 e. The van der Waals surface area contributed by atoms with Crippen LogP contribution in [0.1, 0.15) is 51.4 Å². The summed E-state index contributed by atoms with van der Waals surface area (Å²) >= 11 is 0. The van der Waals surface area contributed by atoms with E-state index >= 15 is 0 Å². The molecule has 0 aliphatic heterocycles. The highest BCUT2D eigenvalue weighted by Gasteiger charge is 2.51. The van der Waals surface area contributed by atoms with Crippen molar-refractivity contribution in [1.82, 2.24) is 10.6 Å². The van der Waals surface area contributed by atoms with Crippen LogP contribution in [0.3, 0.4) is 0 Å². The third-order valence-electron chi connectivity index (χ3n) is 5.92. The molecule has 0 aromatic carbocycles. The fraction of sp³-hybridized carbons (Fsp3) is 0.882. The molecule has 0 atom stereocenters. The van der Waals surface area contributed by atoms with Gasteiger partial charge in [-0.3, -0.25) is 9.59 Å². The molecule has 7 heteroatoms. The van der Waals surface area contributed by atoms with Crippen LogP contribution in [0.25, 0.3) is 0 Å². The summed E-state index contributed by atoms with van der Waals surface area (Å²) in [6.45, 7) is 0.208. The van der Waals surface area contributed by atoms with Crippen molar-refractivity contribution in [2.45, 2.75) is 57.5 Å². The molecule has 0 saturated heterocycles. The number of carbonyl (C=O) groups is 2. The quantitative estimate of drug-likeness (QED) is 0.727. The molecule has 0 spiro atoms. The molecule has 4 bridgehead atoms. The van der Waals surface area contributed by atoms with Crippen molar-refractivity contribution in [2.75, 3.05) is 13.1 Å². The number of amides is 2. The molecule has 0 aromatic heterocycles. The molecule has 0 aromatic rings. The summed E-state index contributed by atoms with van der Waals surface area (Å²) in [7, 11) is 0. The summed E-state index contributed by atoms with van der Waals surface area (Å²) in [5, 5.41) is 4.61. The number of alkyl halides is 3. The minimum atomic E-state index is -4.85. The Hall–Kier alpha value is -1.27. The highest BCUT2D eigenvalue weighted by molar-refractivity contribution is 5.81. The Morgan fingerprint density at radius 3 is 1.92 bits per heavy atom. The van der Waals surface area contributed by atoms with Gasteiger partial charge in [0.25, 0.3) is 0 Å². The number of halogens is 3. The summed E-state index contributed by atoms with van der Waals surface area (Å²) in [6, 6.07) is 0. The van der Waals surface area contributed by atoms with Gasteiger partial charge in [0.1, 0.15) is 0 Å². The minimum Gasteiger partial charge on any atom is -0.356 e. The van der Waals surface area contributed by atoms with E-state index in [2.05, 4.69) is 5.32 Å². The fourth-order valence-corrected chi connectivity index (χ4v) is 5.53. The van der Waals surface area contributed by atoms with Crippen LogP contribution in [-0.4, -0.2) is 31.1 Å². The molecule has 0 unspecified atom stereocenters. The van der Waals surface area contributed by atoms with Crippen molar-refractivity contribution in [3.63, 3.8) is 0 Å². The molecule has 0 heterocycles. The number of rotatable bonds is 6. The topological polar surface area (TPSA) is 58.2 Å². The van der Waals surface area contributed by atoms with E-state index in [9.17, 15) is 22.8 Å². The SMILES string of the molecule is O=C(CC12CC3CC(CC(C3)C1)C2)NCCCNC(=O)C(F)(F)F. The zero-order chi connectivity index (χ0) is 17.4. The molecule has 4 fully saturated rings. The second-order valence-electron chi connectivity index (χ2n) is 8.05. The van der Waals surface area contributed by atoms with Gasteiger partial charge in [-0.2, -0.15) is 13.2 Å². The maximum atomic E-state index is 12.2. The monoisotopic (exact) mass is 346 g/mol. The minimum absolute atomic E-state index is 0.000835. The molecule has 4 rings (SSSR count). The van der Waals surface area contributed by atoms with Crippen molar-refractivity contribution >= 4 is 11.8 Å². The average Bonchev–Trinajstić information content (AvgIpc) is 2.43. The van der Waals surface area contributed by atoms with Crippen LogP contribution in [0.2, 0.25) is 0 Å². The first-order valence-corrected chi connectivity index (χ1v) is 8.87. The predicted octanol–water partition coefficient (Wildman–Crippen LogP) is 2.78. The van der Waals surface area contributed by atoms with E-state index < -0.39 is 12.1 Å². The van der Waals surface area contributed by atoms with Crippen LogP contribution in [0.15, 0.2) is 0 Å². The molecule has 2 amide bonds. The molecule has 0 radical (unpaired) electrons. The van der Waals surface area contributed by atoms with E-state index in [0.717, 1.165) is 37.0 Å². The van der Waals surface area contributed by atoms with E-state index in [0.29, 0.717) is 19.4 Å². The molecule has 136 valence electrons. The van der Waals surface area contributed by atoms with Gasteiger partial charge >= 0.3 is 12.1 Å². The third-order valence-corrected chi connectivity index (χ3v) is 5.92. The lowest BCUT2D eigenvalue weighted by atomic mass is 9.49. The molecular formula is C17H25F3N2O2. The predicted molar refractivity (Wildman–Crippen MR) is 81.9 cm³/mol. The number of carbonyl (C=O) groups excluding carboxylic acids is 2. The Morgan fingerprint density at radius 2 is 1.42 bits per heavy atom. The largest absolute Gasteiger partial charge is 0.471 e. The van der Waals surface area contributed by atoms with Gasteiger partial charge in [-0.15, -0.1) is 0 Å². The van der Waals surface area contributed by atoms with Crippen molar-refractivity contribution in [3.8, 4) is 0 Å². The lowest BCUT2D eigenvalue weighted by Gasteiger charge is -2.56. The number of nitrogens with one attached hydrogen (secondary N) is 2. The smallest absolute Gasteiger partial charge is 0.356 e. The van der Waals surface area contributed by atoms with Crippen LogP contribution < -0.4 is 10.6 Å². The number of hydrogen-bond donors (Lipinski definition) is 2. The molecule has 4 aliphatic carbocycles. The Balaban J connectivity index is 1.36. The van der Waals surface area contributed by atoms with Gasteiger partial charge in [0.2, 0.25) is 5.91 Å². The summed E-state index contributed by atoms with van der Waals surface area (Å²) in [5.74, 6) is 0.450. The van der Waals surface area contributed by atoms with Crippen molar-refractivity contribution < 1.29 is 22.8 Å². The molecule has 4 saturated carbocycles. The Kier molecular flexibility index (Phi) is 4.80. The first kappa shape index (κ1) is 17.5. The molecular weight excluding hydrogens is 321 g/mol. The summed E-state index contributed by atoms with van der Waals surface area (Å²) in [5.41, 5.74) is 0.170. The second kappa shape index (κ2) is 6.56. The summed E-state index contributed by atoms with van der Waals surface area (Å²) in [6.07, 6.45) is 3.48. The van der Waals surface area contributed by atoms with E-state index in [1.807, 2.05) is 5.32 Å². The maximum absolute atomic E-state index is 12.2. The fourth-order valence-electron chi connectivity index (χ4n) is 5.53. The highest BCUT2D eigenvalue weighted by atomic mass is 19.4. The molecule has 24 heavy (non-hydrogen) atoms. The Morgan fingerprint density at radius 1 is 0.917 bits per heavy atom. The summed E-state index contributed by atoms with van der Waals surface area (Å²) < 4.78 is 36.1. The van der Waals surface area contributed by atoms with Crippen LogP contribution in [-0.2, 0) is 9.59 Å². The Bertz CT molecular complexity index is 469. The average molecular weight is 346 g/mol. The van der Waals surface area contributed by atoms with E-state index in [4.69, 9.17) is 0 Å². The van der Waals surface area contributed by atoms with Gasteiger partial charge < -0.3 is 10.6 Å². The van der Waals surface area contributed by atoms with Gasteiger partial charge in [-0.1, -0.05) is 0 Å². The highest BCUT2D eigenvalue weighted by Crippen LogP contribution is 2.61. The van der Waals surface area contributed by atoms with E-state index in [-0.39, 0.29) is 17.9 Å². The van der Waals surface area contributed by atoms with Gasteiger partial charge in [-0.25, -0.2) is 0 Å². The Labute approximate surface area is 139 Å². The zero-order valence-electron chi connectivity index (χ0n) is 13.8. The van der Waals surface area contributed by atoms with Gasteiger partial charge in [0, 0.05) is 19.5 Å². The standard InChI is InChI=1S/C17H25F3N2O2/c18-17(19,20)15(24)22-3-1-2-21-14(23)10-16-7-11-4-12(8-16)6-13(5-11)9-16/h11-13H,1-10H2,(H,21,23)(H,22,24). The van der Waals surface area contributed by atoms with E-state index in [1.165, 1.54) is 19.3 Å².